The third kappa shape index (κ3) is 3.77. The first kappa shape index (κ1) is 12.4. The van der Waals surface area contributed by atoms with Crippen LogP contribution in [0.5, 0.6) is 0 Å². The minimum atomic E-state index is -0.0392. The molecule has 15 heavy (non-hydrogen) atoms. The molecule has 0 aromatic heterocycles. The fourth-order valence-corrected chi connectivity index (χ4v) is 1.74. The number of carbonyl (C=O) groups excluding carboxylic acids is 1. The summed E-state index contributed by atoms with van der Waals surface area (Å²) >= 11 is 0. The van der Waals surface area contributed by atoms with Gasteiger partial charge in [0.15, 0.2) is 0 Å². The Balaban J connectivity index is 2.21. The largest absolute Gasteiger partial charge is 0.394 e. The number of aliphatic hydroxyl groups excluding tert-OH is 1. The number of rotatable bonds is 6. The van der Waals surface area contributed by atoms with Crippen LogP contribution in [0.3, 0.4) is 0 Å². The second kappa shape index (κ2) is 6.76. The van der Waals surface area contributed by atoms with E-state index < -0.39 is 0 Å². The predicted octanol–water partition coefficient (Wildman–Crippen LogP) is -0.367. The second-order valence-electron chi connectivity index (χ2n) is 3.61. The summed E-state index contributed by atoms with van der Waals surface area (Å²) in [7, 11) is 1.59. The molecule has 1 N–H and O–H groups in total. The lowest BCUT2D eigenvalue weighted by molar-refractivity contribution is -0.138. The maximum absolute atomic E-state index is 11.6. The molecule has 1 saturated heterocycles. The summed E-state index contributed by atoms with van der Waals surface area (Å²) in [4.78, 5) is 13.3. The van der Waals surface area contributed by atoms with Gasteiger partial charge in [0.1, 0.15) is 6.61 Å². The number of nitrogens with zero attached hydrogens (tertiary/aromatic N) is 1. The van der Waals surface area contributed by atoms with Crippen molar-refractivity contribution in [2.24, 2.45) is 0 Å². The summed E-state index contributed by atoms with van der Waals surface area (Å²) < 4.78 is 9.94. The van der Waals surface area contributed by atoms with Crippen molar-refractivity contribution in [3.05, 3.63) is 0 Å². The van der Waals surface area contributed by atoms with Crippen molar-refractivity contribution in [3.8, 4) is 0 Å². The fourth-order valence-electron chi connectivity index (χ4n) is 1.74. The molecule has 5 heteroatoms. The van der Waals surface area contributed by atoms with Crippen molar-refractivity contribution >= 4 is 5.91 Å². The molecule has 1 atom stereocenters. The highest BCUT2D eigenvalue weighted by molar-refractivity contribution is 5.78. The number of aliphatic hydroxyl groups is 1. The predicted molar refractivity (Wildman–Crippen MR) is 54.5 cm³/mol. The van der Waals surface area contributed by atoms with Crippen LogP contribution in [0.1, 0.15) is 12.8 Å². The van der Waals surface area contributed by atoms with Gasteiger partial charge in [-0.05, 0) is 12.8 Å². The van der Waals surface area contributed by atoms with E-state index in [2.05, 4.69) is 0 Å². The molecule has 0 unspecified atom stereocenters. The van der Waals surface area contributed by atoms with E-state index in [-0.39, 0.29) is 25.2 Å². The molecule has 1 amide bonds. The Bertz CT molecular complexity index is 198. The van der Waals surface area contributed by atoms with Gasteiger partial charge < -0.3 is 19.5 Å². The van der Waals surface area contributed by atoms with Crippen molar-refractivity contribution in [1.82, 2.24) is 4.90 Å². The molecule has 1 aliphatic rings. The van der Waals surface area contributed by atoms with Crippen molar-refractivity contribution in [2.45, 2.75) is 18.9 Å². The summed E-state index contributed by atoms with van der Waals surface area (Å²) in [6.45, 7) is 1.79. The van der Waals surface area contributed by atoms with Crippen LogP contribution in [0.15, 0.2) is 0 Å². The van der Waals surface area contributed by atoms with Crippen molar-refractivity contribution in [1.29, 1.82) is 0 Å². The summed E-state index contributed by atoms with van der Waals surface area (Å²) in [5.41, 5.74) is 0. The lowest BCUT2D eigenvalue weighted by atomic mass is 10.2. The molecule has 0 spiro atoms. The van der Waals surface area contributed by atoms with E-state index in [0.717, 1.165) is 19.4 Å². The lowest BCUT2D eigenvalue weighted by Gasteiger charge is -2.22. The van der Waals surface area contributed by atoms with E-state index in [9.17, 15) is 4.79 Å². The summed E-state index contributed by atoms with van der Waals surface area (Å²) in [5.74, 6) is -0.0392. The molecule has 1 heterocycles. The zero-order valence-electron chi connectivity index (χ0n) is 9.15. The van der Waals surface area contributed by atoms with Crippen LogP contribution in [-0.2, 0) is 14.3 Å². The first-order valence-electron chi connectivity index (χ1n) is 5.26. The molecule has 88 valence electrons. The Morgan fingerprint density at radius 3 is 3.00 bits per heavy atom. The summed E-state index contributed by atoms with van der Waals surface area (Å²) in [6.07, 6.45) is 1.86. The summed E-state index contributed by atoms with van der Waals surface area (Å²) in [5, 5.41) is 9.04. The van der Waals surface area contributed by atoms with Crippen LogP contribution in [0, 0.1) is 0 Å². The minimum Gasteiger partial charge on any atom is -0.394 e. The maximum atomic E-state index is 11.6. The van der Waals surface area contributed by atoms with Gasteiger partial charge in [0.05, 0.1) is 25.9 Å². The van der Waals surface area contributed by atoms with Crippen LogP contribution in [0.4, 0.5) is 0 Å². The van der Waals surface area contributed by atoms with Crippen molar-refractivity contribution in [2.75, 3.05) is 40.1 Å². The number of methoxy groups -OCH3 is 1. The number of amides is 1. The third-order valence-corrected chi connectivity index (χ3v) is 2.57. The van der Waals surface area contributed by atoms with E-state index in [1.165, 1.54) is 0 Å². The van der Waals surface area contributed by atoms with Gasteiger partial charge in [-0.1, -0.05) is 0 Å². The van der Waals surface area contributed by atoms with Gasteiger partial charge in [-0.2, -0.15) is 0 Å². The van der Waals surface area contributed by atoms with Crippen LogP contribution < -0.4 is 0 Å². The zero-order chi connectivity index (χ0) is 11.1. The van der Waals surface area contributed by atoms with Crippen molar-refractivity contribution in [3.63, 3.8) is 0 Å². The van der Waals surface area contributed by atoms with Crippen LogP contribution in [0.2, 0.25) is 0 Å². The SMILES string of the molecule is COCCOCC(=O)N1CCC[C@@H]1CO. The van der Waals surface area contributed by atoms with Crippen LogP contribution in [0.25, 0.3) is 0 Å². The Kier molecular flexibility index (Phi) is 5.60. The highest BCUT2D eigenvalue weighted by Crippen LogP contribution is 2.16. The van der Waals surface area contributed by atoms with Gasteiger partial charge in [-0.3, -0.25) is 4.79 Å². The second-order valence-corrected chi connectivity index (χ2v) is 3.61. The van der Waals surface area contributed by atoms with E-state index in [4.69, 9.17) is 14.6 Å². The quantitative estimate of drug-likeness (QED) is 0.617. The smallest absolute Gasteiger partial charge is 0.248 e. The Hall–Kier alpha value is -0.650. The van der Waals surface area contributed by atoms with E-state index in [1.54, 1.807) is 12.0 Å². The number of ether oxygens (including phenoxy) is 2. The highest BCUT2D eigenvalue weighted by atomic mass is 16.5. The molecule has 0 bridgehead atoms. The van der Waals surface area contributed by atoms with Gasteiger partial charge in [0, 0.05) is 13.7 Å². The van der Waals surface area contributed by atoms with Gasteiger partial charge in [0.25, 0.3) is 0 Å². The Labute approximate surface area is 90.0 Å². The average molecular weight is 217 g/mol. The number of hydrogen-bond acceptors (Lipinski definition) is 4. The minimum absolute atomic E-state index is 0.0106. The van der Waals surface area contributed by atoms with Gasteiger partial charge in [-0.15, -0.1) is 0 Å². The normalized spacial score (nSPS) is 20.9. The molecule has 5 nitrogen and oxygen atoms in total. The third-order valence-electron chi connectivity index (χ3n) is 2.57. The highest BCUT2D eigenvalue weighted by Gasteiger charge is 2.27. The van der Waals surface area contributed by atoms with E-state index >= 15 is 0 Å². The Morgan fingerprint density at radius 2 is 2.33 bits per heavy atom. The van der Waals surface area contributed by atoms with E-state index in [1.807, 2.05) is 0 Å². The number of hydrogen-bond donors (Lipinski definition) is 1. The molecular weight excluding hydrogens is 198 g/mol. The Morgan fingerprint density at radius 1 is 1.53 bits per heavy atom. The number of carbonyl (C=O) groups is 1. The van der Waals surface area contributed by atoms with Crippen LogP contribution in [-0.4, -0.2) is 62.0 Å². The molecule has 0 aromatic carbocycles. The standard InChI is InChI=1S/C10H19NO4/c1-14-5-6-15-8-10(13)11-4-2-3-9(11)7-12/h9,12H,2-8H2,1H3/t9-/m1/s1. The molecule has 0 aliphatic carbocycles. The maximum Gasteiger partial charge on any atom is 0.248 e. The van der Waals surface area contributed by atoms with Crippen molar-refractivity contribution < 1.29 is 19.4 Å². The molecule has 1 aliphatic heterocycles. The van der Waals surface area contributed by atoms with Crippen LogP contribution >= 0.6 is 0 Å². The first-order valence-corrected chi connectivity index (χ1v) is 5.26. The molecular formula is C10H19NO4. The first-order chi connectivity index (χ1) is 7.29. The molecule has 0 radical (unpaired) electrons. The lowest BCUT2D eigenvalue weighted by Crippen LogP contribution is -2.39. The van der Waals surface area contributed by atoms with Gasteiger partial charge in [0.2, 0.25) is 5.91 Å². The van der Waals surface area contributed by atoms with Gasteiger partial charge in [-0.25, -0.2) is 0 Å². The molecule has 1 rings (SSSR count). The van der Waals surface area contributed by atoms with E-state index in [0.29, 0.717) is 13.2 Å². The zero-order valence-corrected chi connectivity index (χ0v) is 9.15. The molecule has 0 saturated carbocycles. The monoisotopic (exact) mass is 217 g/mol. The van der Waals surface area contributed by atoms with Gasteiger partial charge >= 0.3 is 0 Å². The summed E-state index contributed by atoms with van der Waals surface area (Å²) in [6, 6.07) is -0.0106. The fraction of sp³-hybridized carbons (Fsp3) is 0.900. The topological polar surface area (TPSA) is 59.0 Å². The molecule has 0 aromatic rings. The molecule has 1 fully saturated rings. The average Bonchev–Trinajstić information content (AvgIpc) is 2.72. The number of likely N-dealkylation sites (tertiary alicyclic amines) is 1.